The van der Waals surface area contributed by atoms with Crippen molar-refractivity contribution in [2.75, 3.05) is 0 Å². The smallest absolute Gasteiger partial charge is 0.0604 e. The minimum absolute atomic E-state index is 0.213. The molecule has 1 N–H and O–H groups in total. The van der Waals surface area contributed by atoms with Crippen molar-refractivity contribution in [3.63, 3.8) is 0 Å². The van der Waals surface area contributed by atoms with Gasteiger partial charge in [0.2, 0.25) is 0 Å². The Hall–Kier alpha value is -1.08. The molecule has 3 saturated carbocycles. The van der Waals surface area contributed by atoms with Crippen LogP contribution in [0.4, 0.5) is 0 Å². The Morgan fingerprint density at radius 2 is 1.93 bits per heavy atom. The van der Waals surface area contributed by atoms with Gasteiger partial charge in [0, 0.05) is 1.37 Å². The summed E-state index contributed by atoms with van der Waals surface area (Å²) in [5.41, 5.74) is 3.77. The molecule has 1 nitrogen and oxygen atoms in total. The molecule has 1 unspecified atom stereocenters. The first-order valence-corrected chi connectivity index (χ1v) is 11.9. The first kappa shape index (κ1) is 19.9. The van der Waals surface area contributed by atoms with Crippen LogP contribution in [-0.2, 0) is 0 Å². The highest BCUT2D eigenvalue weighted by Gasteiger charge is 2.50. The summed E-state index contributed by atoms with van der Waals surface area (Å²) in [5, 5.41) is 10.2. The third-order valence-electron chi connectivity index (χ3n) is 8.35. The molecule has 0 heterocycles. The monoisotopic (exact) mass is 398 g/mol. The normalized spacial score (nSPS) is 44.2. The van der Waals surface area contributed by atoms with Crippen LogP contribution in [-0.4, -0.2) is 11.2 Å². The summed E-state index contributed by atoms with van der Waals surface area (Å²) >= 11 is 0. The number of aliphatic hydroxyl groups is 1. The summed E-state index contributed by atoms with van der Waals surface area (Å²) < 4.78 is 16.0. The fourth-order valence-electron chi connectivity index (χ4n) is 6.00. The van der Waals surface area contributed by atoms with Crippen molar-refractivity contribution in [3.8, 4) is 0 Å². The average Bonchev–Trinajstić information content (AvgIpc) is 3.05. The highest BCUT2D eigenvalue weighted by atomic mass is 16.3. The van der Waals surface area contributed by atoms with Crippen LogP contribution in [0.3, 0.4) is 0 Å². The van der Waals surface area contributed by atoms with Crippen molar-refractivity contribution in [1.29, 1.82) is 0 Å². The Balaban J connectivity index is 1.77. The van der Waals surface area contributed by atoms with E-state index in [1.807, 2.05) is 0 Å². The molecule has 3 fully saturated rings. The molecule has 29 heavy (non-hydrogen) atoms. The van der Waals surface area contributed by atoms with Crippen LogP contribution in [0.5, 0.6) is 0 Å². The zero-order valence-electron chi connectivity index (χ0n) is 21.4. The molecule has 162 valence electrons. The van der Waals surface area contributed by atoms with Crippen molar-refractivity contribution in [3.05, 3.63) is 47.6 Å². The minimum atomic E-state index is -1.69. The summed E-state index contributed by atoms with van der Waals surface area (Å²) in [6, 6.07) is 0. The van der Waals surface area contributed by atoms with E-state index in [1.54, 1.807) is 5.57 Å². The van der Waals surface area contributed by atoms with E-state index in [1.165, 1.54) is 25.7 Å². The molecular formula is C28H44O. The predicted molar refractivity (Wildman–Crippen MR) is 126 cm³/mol. The van der Waals surface area contributed by atoms with Crippen molar-refractivity contribution >= 4 is 0 Å². The van der Waals surface area contributed by atoms with Crippen LogP contribution in [0.15, 0.2) is 47.6 Å². The van der Waals surface area contributed by atoms with Crippen LogP contribution in [0.1, 0.15) is 88.7 Å². The molecule has 3 aliphatic carbocycles. The zero-order valence-corrected chi connectivity index (χ0v) is 19.4. The van der Waals surface area contributed by atoms with E-state index >= 15 is 0 Å². The highest BCUT2D eigenvalue weighted by Crippen LogP contribution is 2.59. The molecule has 3 rings (SSSR count). The fraction of sp³-hybridized carbons (Fsp3) is 0.714. The molecule has 0 bridgehead atoms. The lowest BCUT2D eigenvalue weighted by Crippen LogP contribution is -2.35. The maximum absolute atomic E-state index is 10.2. The molecule has 0 aromatic carbocycles. The summed E-state index contributed by atoms with van der Waals surface area (Å²) in [4.78, 5) is 0. The quantitative estimate of drug-likeness (QED) is 0.472. The molecule has 1 heteroatoms. The van der Waals surface area contributed by atoms with Crippen LogP contribution >= 0.6 is 0 Å². The number of allylic oxidation sites excluding steroid dienone is 6. The SMILES string of the molecule is [2H]C1CC(=C)C(=CC=C2CCC[C@]3(C)[C@@H]([C@H](C)C=C[C@H](C)C(C)C)CC[C@@H]23)C[C@@]1([2H])O. The van der Waals surface area contributed by atoms with Gasteiger partial charge in [-0.25, -0.2) is 0 Å². The van der Waals surface area contributed by atoms with Gasteiger partial charge in [-0.05, 0) is 91.9 Å². The van der Waals surface area contributed by atoms with Crippen molar-refractivity contribution in [2.45, 2.75) is 92.0 Å². The first-order valence-electron chi connectivity index (χ1n) is 12.9. The molecule has 0 radical (unpaired) electrons. The fourth-order valence-corrected chi connectivity index (χ4v) is 6.00. The van der Waals surface area contributed by atoms with E-state index in [4.69, 9.17) is 2.74 Å². The van der Waals surface area contributed by atoms with Gasteiger partial charge in [0.05, 0.1) is 7.45 Å². The van der Waals surface area contributed by atoms with Crippen LogP contribution in [0, 0.1) is 35.0 Å². The molecule has 0 spiro atoms. The number of hydrogen-bond acceptors (Lipinski definition) is 1. The predicted octanol–water partition coefficient (Wildman–Crippen LogP) is 7.64. The second kappa shape index (κ2) is 9.38. The standard InChI is InChI=1S/C28H44O/c1-19(2)20(3)9-10-22(5)26-15-16-27-23(8-7-17-28(26,27)6)12-13-24-18-25(29)14-11-21(24)4/h9-10,12-13,19-20,22,25-27,29H,4,7-8,11,14-18H2,1-3,5-6H3/t20-,22+,25-,26+,27-,28+/m0/s1/i14D,25D/t14?,20-,22+,25-,26+,27-,28+. The maximum Gasteiger partial charge on any atom is 0.0604 e. The molecule has 0 aromatic rings. The third-order valence-corrected chi connectivity index (χ3v) is 8.35. The lowest BCUT2D eigenvalue weighted by Gasteiger charge is -2.44. The van der Waals surface area contributed by atoms with Gasteiger partial charge in [-0.3, -0.25) is 0 Å². The molecule has 0 aliphatic heterocycles. The second-order valence-electron chi connectivity index (χ2n) is 10.6. The van der Waals surface area contributed by atoms with Gasteiger partial charge in [-0.2, -0.15) is 0 Å². The Labute approximate surface area is 182 Å². The highest BCUT2D eigenvalue weighted by molar-refractivity contribution is 5.36. The van der Waals surface area contributed by atoms with Crippen LogP contribution in [0.2, 0.25) is 0 Å². The molecular weight excluding hydrogens is 352 g/mol. The number of hydrogen-bond donors (Lipinski definition) is 1. The van der Waals surface area contributed by atoms with Gasteiger partial charge in [-0.15, -0.1) is 0 Å². The van der Waals surface area contributed by atoms with E-state index in [9.17, 15) is 5.11 Å². The van der Waals surface area contributed by atoms with E-state index in [0.717, 1.165) is 23.5 Å². The topological polar surface area (TPSA) is 20.2 Å². The summed E-state index contributed by atoms with van der Waals surface area (Å²) in [6.07, 6.45) is 13.7. The Morgan fingerprint density at radius 1 is 1.17 bits per heavy atom. The first-order chi connectivity index (χ1) is 14.5. The number of rotatable bonds is 5. The van der Waals surface area contributed by atoms with Gasteiger partial charge in [-0.1, -0.05) is 76.6 Å². The Bertz CT molecular complexity index is 759. The summed E-state index contributed by atoms with van der Waals surface area (Å²) in [7, 11) is 0. The van der Waals surface area contributed by atoms with E-state index in [0.29, 0.717) is 35.5 Å². The molecule has 7 atom stereocenters. The van der Waals surface area contributed by atoms with Crippen LogP contribution < -0.4 is 0 Å². The maximum atomic E-state index is 10.2. The van der Waals surface area contributed by atoms with Crippen molar-refractivity contribution in [1.82, 2.24) is 0 Å². The summed E-state index contributed by atoms with van der Waals surface area (Å²) in [5.74, 6) is 3.30. The van der Waals surface area contributed by atoms with Crippen LogP contribution in [0.25, 0.3) is 0 Å². The molecule has 0 amide bonds. The lowest BCUT2D eigenvalue weighted by molar-refractivity contribution is 0.112. The van der Waals surface area contributed by atoms with Gasteiger partial charge in [0.1, 0.15) is 0 Å². The molecule has 3 aliphatic rings. The second-order valence-corrected chi connectivity index (χ2v) is 10.6. The molecule has 0 saturated heterocycles. The Kier molecular flexibility index (Phi) is 6.42. The van der Waals surface area contributed by atoms with E-state index < -0.39 is 12.5 Å². The van der Waals surface area contributed by atoms with Gasteiger partial charge < -0.3 is 5.11 Å². The largest absolute Gasteiger partial charge is 0.393 e. The van der Waals surface area contributed by atoms with Gasteiger partial charge >= 0.3 is 0 Å². The minimum Gasteiger partial charge on any atom is -0.393 e. The van der Waals surface area contributed by atoms with E-state index in [2.05, 4.69) is 65.5 Å². The Morgan fingerprint density at radius 3 is 2.66 bits per heavy atom. The van der Waals surface area contributed by atoms with Gasteiger partial charge in [0.15, 0.2) is 0 Å². The van der Waals surface area contributed by atoms with Gasteiger partial charge in [0.25, 0.3) is 0 Å². The zero-order chi connectivity index (χ0) is 23.0. The van der Waals surface area contributed by atoms with Crippen molar-refractivity contribution in [2.24, 2.45) is 35.0 Å². The average molecular weight is 399 g/mol. The summed E-state index contributed by atoms with van der Waals surface area (Å²) in [6.45, 7) is 16.0. The lowest BCUT2D eigenvalue weighted by atomic mass is 9.61. The van der Waals surface area contributed by atoms with Crippen molar-refractivity contribution < 1.29 is 7.85 Å². The van der Waals surface area contributed by atoms with E-state index in [-0.39, 0.29) is 6.42 Å². The number of fused-ring (bicyclic) bond motifs is 1. The third kappa shape index (κ3) is 4.98. The molecule has 0 aromatic heterocycles.